The first-order chi connectivity index (χ1) is 9.08. The number of anilines is 1. The molecule has 0 bridgehead atoms. The molecule has 4 nitrogen and oxygen atoms in total. The predicted molar refractivity (Wildman–Crippen MR) is 81.7 cm³/mol. The summed E-state index contributed by atoms with van der Waals surface area (Å²) in [5.74, 6) is -0.0667. The number of carboxylic acid groups (broad SMARTS) is 1. The Balaban J connectivity index is 2.19. The van der Waals surface area contributed by atoms with Crippen LogP contribution in [-0.4, -0.2) is 41.2 Å². The van der Waals surface area contributed by atoms with Crippen LogP contribution in [0.25, 0.3) is 0 Å². The van der Waals surface area contributed by atoms with Crippen molar-refractivity contribution in [3.8, 4) is 0 Å². The summed E-state index contributed by atoms with van der Waals surface area (Å²) in [7, 11) is 2.06. The molecule has 0 saturated carbocycles. The summed E-state index contributed by atoms with van der Waals surface area (Å²) < 4.78 is 0. The lowest BCUT2D eigenvalue weighted by molar-refractivity contribution is -0.138. The maximum Gasteiger partial charge on any atom is 0.312 e. The van der Waals surface area contributed by atoms with Gasteiger partial charge in [-0.15, -0.1) is 11.3 Å². The summed E-state index contributed by atoms with van der Waals surface area (Å²) in [4.78, 5) is 19.1. The molecule has 2 atom stereocenters. The van der Waals surface area contributed by atoms with Crippen LogP contribution in [-0.2, 0) is 11.2 Å². The van der Waals surface area contributed by atoms with Gasteiger partial charge >= 0.3 is 5.97 Å². The molecule has 0 aromatic carbocycles. The molecule has 0 fully saturated rings. The summed E-state index contributed by atoms with van der Waals surface area (Å²) >= 11 is 3.50. The van der Waals surface area contributed by atoms with Crippen molar-refractivity contribution in [1.82, 2.24) is 4.98 Å². The Morgan fingerprint density at radius 3 is 3.00 bits per heavy atom. The SMILES string of the molecule is CCC(CSC)N(C)c1nc2c(s1)CCC2C(=O)O. The number of thiazole rings is 1. The molecule has 0 amide bonds. The minimum atomic E-state index is -0.741. The van der Waals surface area contributed by atoms with Crippen LogP contribution in [0.1, 0.15) is 36.3 Å². The summed E-state index contributed by atoms with van der Waals surface area (Å²) in [6.45, 7) is 2.18. The van der Waals surface area contributed by atoms with Gasteiger partial charge in [-0.1, -0.05) is 6.92 Å². The molecular formula is C13H20N2O2S2. The Labute approximate surface area is 122 Å². The molecule has 19 heavy (non-hydrogen) atoms. The van der Waals surface area contributed by atoms with Crippen molar-refractivity contribution in [2.24, 2.45) is 0 Å². The quantitative estimate of drug-likeness (QED) is 0.875. The average Bonchev–Trinajstić information content (AvgIpc) is 2.94. The molecule has 6 heteroatoms. The van der Waals surface area contributed by atoms with Gasteiger partial charge in [0.05, 0.1) is 5.69 Å². The summed E-state index contributed by atoms with van der Waals surface area (Å²) in [6.07, 6.45) is 4.75. The van der Waals surface area contributed by atoms with Gasteiger partial charge in [0.1, 0.15) is 5.92 Å². The zero-order chi connectivity index (χ0) is 14.0. The van der Waals surface area contributed by atoms with E-state index in [2.05, 4.69) is 30.1 Å². The second-order valence-corrected chi connectivity index (χ2v) is 6.84. The molecule has 2 unspecified atom stereocenters. The lowest BCUT2D eigenvalue weighted by atomic mass is 10.1. The molecule has 2 rings (SSSR count). The number of rotatable bonds is 6. The van der Waals surface area contributed by atoms with E-state index in [-0.39, 0.29) is 0 Å². The average molecular weight is 300 g/mol. The van der Waals surface area contributed by atoms with Gasteiger partial charge in [0.15, 0.2) is 5.13 Å². The van der Waals surface area contributed by atoms with E-state index in [4.69, 9.17) is 0 Å². The van der Waals surface area contributed by atoms with E-state index >= 15 is 0 Å². The third-order valence-electron chi connectivity index (χ3n) is 3.68. The Morgan fingerprint density at radius 2 is 2.42 bits per heavy atom. The molecule has 1 aliphatic carbocycles. The van der Waals surface area contributed by atoms with E-state index in [0.717, 1.165) is 34.3 Å². The molecule has 1 heterocycles. The molecule has 0 radical (unpaired) electrons. The molecule has 0 saturated heterocycles. The minimum absolute atomic E-state index is 0.394. The van der Waals surface area contributed by atoms with Gasteiger partial charge in [-0.05, 0) is 25.5 Å². The maximum absolute atomic E-state index is 11.2. The van der Waals surface area contributed by atoms with Gasteiger partial charge in [0.25, 0.3) is 0 Å². The number of carbonyl (C=O) groups is 1. The molecular weight excluding hydrogens is 280 g/mol. The van der Waals surface area contributed by atoms with E-state index in [0.29, 0.717) is 12.5 Å². The standard InChI is InChI=1S/C13H20N2O2S2/c1-4-8(7-18-3)15(2)13-14-11-9(12(16)17)5-6-10(11)19-13/h8-9H,4-7H2,1-3H3,(H,16,17). The number of aliphatic carboxylic acids is 1. The van der Waals surface area contributed by atoms with Crippen LogP contribution in [0.2, 0.25) is 0 Å². The van der Waals surface area contributed by atoms with Crippen LogP contribution < -0.4 is 4.90 Å². The van der Waals surface area contributed by atoms with Crippen LogP contribution in [0.4, 0.5) is 5.13 Å². The Morgan fingerprint density at radius 1 is 1.68 bits per heavy atom. The van der Waals surface area contributed by atoms with Gasteiger partial charge in [0, 0.05) is 23.7 Å². The fraction of sp³-hybridized carbons (Fsp3) is 0.692. The molecule has 1 aliphatic rings. The highest BCUT2D eigenvalue weighted by Gasteiger charge is 2.33. The summed E-state index contributed by atoms with van der Waals surface area (Å²) in [5.41, 5.74) is 0.804. The number of nitrogens with zero attached hydrogens (tertiary/aromatic N) is 2. The molecule has 0 aliphatic heterocycles. The maximum atomic E-state index is 11.2. The molecule has 1 N–H and O–H groups in total. The van der Waals surface area contributed by atoms with Gasteiger partial charge < -0.3 is 10.0 Å². The van der Waals surface area contributed by atoms with Gasteiger partial charge in [-0.2, -0.15) is 11.8 Å². The fourth-order valence-corrected chi connectivity index (χ4v) is 4.47. The monoisotopic (exact) mass is 300 g/mol. The van der Waals surface area contributed by atoms with Crippen LogP contribution in [0.15, 0.2) is 0 Å². The summed E-state index contributed by atoms with van der Waals surface area (Å²) in [6, 6.07) is 0.463. The minimum Gasteiger partial charge on any atom is -0.481 e. The highest BCUT2D eigenvalue weighted by atomic mass is 32.2. The van der Waals surface area contributed by atoms with Gasteiger partial charge in [-0.3, -0.25) is 4.79 Å². The normalized spacial score (nSPS) is 19.2. The topological polar surface area (TPSA) is 53.4 Å². The number of hydrogen-bond acceptors (Lipinski definition) is 5. The first-order valence-electron chi connectivity index (χ1n) is 6.52. The van der Waals surface area contributed by atoms with Crippen LogP contribution in [0, 0.1) is 0 Å². The van der Waals surface area contributed by atoms with E-state index < -0.39 is 11.9 Å². The van der Waals surface area contributed by atoms with Crippen LogP contribution in [0.3, 0.4) is 0 Å². The van der Waals surface area contributed by atoms with Crippen molar-refractivity contribution in [2.45, 2.75) is 38.1 Å². The van der Waals surface area contributed by atoms with E-state index in [1.54, 1.807) is 11.3 Å². The largest absolute Gasteiger partial charge is 0.481 e. The Bertz CT molecular complexity index is 461. The zero-order valence-electron chi connectivity index (χ0n) is 11.5. The number of carboxylic acids is 1. The first-order valence-corrected chi connectivity index (χ1v) is 8.73. The zero-order valence-corrected chi connectivity index (χ0v) is 13.2. The third kappa shape index (κ3) is 2.89. The van der Waals surface area contributed by atoms with E-state index in [9.17, 15) is 9.90 Å². The Kier molecular flexibility index (Phi) is 4.73. The highest BCUT2D eigenvalue weighted by Crippen LogP contribution is 2.39. The van der Waals surface area contributed by atoms with Gasteiger partial charge in [-0.25, -0.2) is 4.98 Å². The number of aromatic nitrogens is 1. The van der Waals surface area contributed by atoms with E-state index in [1.165, 1.54) is 0 Å². The molecule has 106 valence electrons. The molecule has 1 aromatic rings. The van der Waals surface area contributed by atoms with Crippen molar-refractivity contribution in [1.29, 1.82) is 0 Å². The van der Waals surface area contributed by atoms with Crippen molar-refractivity contribution >= 4 is 34.2 Å². The van der Waals surface area contributed by atoms with Crippen molar-refractivity contribution in [3.63, 3.8) is 0 Å². The summed E-state index contributed by atoms with van der Waals surface area (Å²) in [5, 5.41) is 10.2. The lowest BCUT2D eigenvalue weighted by Gasteiger charge is -2.26. The lowest BCUT2D eigenvalue weighted by Crippen LogP contribution is -2.33. The predicted octanol–water partition coefficient (Wildman–Crippen LogP) is 2.84. The number of thioether (sulfide) groups is 1. The third-order valence-corrected chi connectivity index (χ3v) is 5.62. The van der Waals surface area contributed by atoms with Crippen molar-refractivity contribution in [2.75, 3.05) is 24.0 Å². The number of hydrogen-bond donors (Lipinski definition) is 1. The number of fused-ring (bicyclic) bond motifs is 1. The second-order valence-electron chi connectivity index (χ2n) is 4.86. The van der Waals surface area contributed by atoms with Crippen LogP contribution >= 0.6 is 23.1 Å². The second kappa shape index (κ2) is 6.13. The van der Waals surface area contributed by atoms with Gasteiger partial charge in [0.2, 0.25) is 0 Å². The molecule has 0 spiro atoms. The van der Waals surface area contributed by atoms with Crippen molar-refractivity contribution < 1.29 is 9.90 Å². The fourth-order valence-electron chi connectivity index (χ4n) is 2.46. The number of aryl methyl sites for hydroxylation is 1. The van der Waals surface area contributed by atoms with Crippen LogP contribution in [0.5, 0.6) is 0 Å². The smallest absolute Gasteiger partial charge is 0.312 e. The Hall–Kier alpha value is -0.750. The van der Waals surface area contributed by atoms with E-state index in [1.807, 2.05) is 11.8 Å². The molecule has 1 aromatic heterocycles. The first kappa shape index (κ1) is 14.7. The van der Waals surface area contributed by atoms with Crippen molar-refractivity contribution in [3.05, 3.63) is 10.6 Å². The highest BCUT2D eigenvalue weighted by molar-refractivity contribution is 7.98.